The third-order valence-electron chi connectivity index (χ3n) is 0.264. The van der Waals surface area contributed by atoms with Gasteiger partial charge < -0.3 is 4.65 Å². The Morgan fingerprint density at radius 1 is 1.71 bits per heavy atom. The molecule has 0 rings (SSSR count). The molecule has 6 heteroatoms. The van der Waals surface area contributed by atoms with Crippen LogP contribution in [-0.2, 0) is 4.65 Å². The number of hydrogen-bond donors (Lipinski definition) is 2. The Morgan fingerprint density at radius 3 is 2.14 bits per heavy atom. The average molecular weight is 135 g/mol. The van der Waals surface area contributed by atoms with Crippen LogP contribution >= 0.6 is 25.6 Å². The van der Waals surface area contributed by atoms with Crippen LogP contribution in [0.4, 0.5) is 4.79 Å². The standard InChI is InChI=1S/CH2BNO2S2/c2-5-1(4)3(6)7/h6-7H. The SMILES string of the molecule is [B]OC(=O)N(S)S. The van der Waals surface area contributed by atoms with Crippen molar-refractivity contribution >= 4 is 39.8 Å². The first kappa shape index (κ1) is 7.03. The Hall–Kier alpha value is 0.0349. The highest BCUT2D eigenvalue weighted by Gasteiger charge is 1.99. The number of carbonyl (C=O) groups excluding carboxylic acids is 1. The summed E-state index contributed by atoms with van der Waals surface area (Å²) in [4.78, 5) is 9.94. The van der Waals surface area contributed by atoms with E-state index < -0.39 is 6.09 Å². The summed E-state index contributed by atoms with van der Waals surface area (Å²) in [5.41, 5.74) is 0. The zero-order chi connectivity index (χ0) is 5.86. The van der Waals surface area contributed by atoms with E-state index in [1.165, 1.54) is 0 Å². The van der Waals surface area contributed by atoms with Gasteiger partial charge in [-0.25, -0.2) is 4.79 Å². The van der Waals surface area contributed by atoms with E-state index in [1.807, 2.05) is 0 Å². The highest BCUT2D eigenvalue weighted by molar-refractivity contribution is 7.94. The smallest absolute Gasteiger partial charge is 0.411 e. The molecule has 0 saturated carbocycles. The molecule has 0 atom stereocenters. The van der Waals surface area contributed by atoms with Crippen LogP contribution in [0.3, 0.4) is 0 Å². The molecule has 0 aromatic carbocycles. The molecule has 0 aliphatic heterocycles. The van der Waals surface area contributed by atoms with E-state index in [9.17, 15) is 4.79 Å². The van der Waals surface area contributed by atoms with Gasteiger partial charge in [-0.05, 0) is 25.6 Å². The first-order chi connectivity index (χ1) is 3.18. The van der Waals surface area contributed by atoms with Crippen LogP contribution in [0.2, 0.25) is 0 Å². The second-order valence-electron chi connectivity index (χ2n) is 0.673. The third-order valence-corrected chi connectivity index (χ3v) is 0.591. The summed E-state index contributed by atoms with van der Waals surface area (Å²) in [5.74, 6) is 0. The Morgan fingerprint density at radius 2 is 2.14 bits per heavy atom. The molecular formula is CH2BNO2S2. The Balaban J connectivity index is 3.35. The molecule has 0 aromatic rings. The zero-order valence-electron chi connectivity index (χ0n) is 3.24. The van der Waals surface area contributed by atoms with E-state index in [0.717, 1.165) is 0 Å². The lowest BCUT2D eigenvalue weighted by Gasteiger charge is -2.02. The molecule has 0 saturated heterocycles. The van der Waals surface area contributed by atoms with Crippen molar-refractivity contribution in [3.8, 4) is 0 Å². The Bertz CT molecular complexity index is 76.1. The summed E-state index contributed by atoms with van der Waals surface area (Å²) < 4.78 is 4.27. The molecule has 0 bridgehead atoms. The van der Waals surface area contributed by atoms with E-state index >= 15 is 0 Å². The normalized spacial score (nSPS) is 7.71. The quantitative estimate of drug-likeness (QED) is 0.367. The van der Waals surface area contributed by atoms with Crippen LogP contribution in [0.5, 0.6) is 0 Å². The molecule has 38 valence electrons. The van der Waals surface area contributed by atoms with Gasteiger partial charge in [0.2, 0.25) is 0 Å². The predicted octanol–water partition coefficient (Wildman–Crippen LogP) is 0.198. The molecule has 2 radical (unpaired) electrons. The van der Waals surface area contributed by atoms with Crippen molar-refractivity contribution in [3.05, 3.63) is 0 Å². The van der Waals surface area contributed by atoms with Crippen LogP contribution in [-0.4, -0.2) is 17.9 Å². The fourth-order valence-electron chi connectivity index (χ4n) is 0.0471. The van der Waals surface area contributed by atoms with Crippen LogP contribution in [0.15, 0.2) is 0 Å². The van der Waals surface area contributed by atoms with Gasteiger partial charge in [0.05, 0.1) is 0 Å². The fourth-order valence-corrected chi connectivity index (χ4v) is 0.141. The second kappa shape index (κ2) is 3.09. The number of nitrogens with zero attached hydrogens (tertiary/aromatic N) is 1. The van der Waals surface area contributed by atoms with Crippen LogP contribution in [0.1, 0.15) is 0 Å². The number of rotatable bonds is 0. The maximum absolute atomic E-state index is 9.94. The summed E-state index contributed by atoms with van der Waals surface area (Å²) in [6.45, 7) is 0. The predicted molar refractivity (Wildman–Crippen MR) is 32.0 cm³/mol. The molecule has 0 N–H and O–H groups in total. The molecule has 0 aromatic heterocycles. The molecule has 3 nitrogen and oxygen atoms in total. The average Bonchev–Trinajstić information content (AvgIpc) is 1.65. The lowest BCUT2D eigenvalue weighted by atomic mass is 10.6. The van der Waals surface area contributed by atoms with Crippen LogP contribution < -0.4 is 0 Å². The minimum absolute atomic E-state index is 0.625. The molecule has 0 fully saturated rings. The van der Waals surface area contributed by atoms with Crippen molar-refractivity contribution in [2.45, 2.75) is 0 Å². The van der Waals surface area contributed by atoms with Gasteiger partial charge in [-0.2, -0.15) is 3.71 Å². The van der Waals surface area contributed by atoms with E-state index in [4.69, 9.17) is 0 Å². The highest BCUT2D eigenvalue weighted by atomic mass is 32.2. The minimum Gasteiger partial charge on any atom is -0.526 e. The summed E-state index contributed by atoms with van der Waals surface area (Å²) in [6.07, 6.45) is -0.813. The minimum atomic E-state index is -0.813. The molecular weight excluding hydrogens is 133 g/mol. The molecule has 0 heterocycles. The van der Waals surface area contributed by atoms with E-state index in [1.54, 1.807) is 0 Å². The lowest BCUT2D eigenvalue weighted by molar-refractivity contribution is 0.202. The van der Waals surface area contributed by atoms with Gasteiger partial charge in [0.15, 0.2) is 0 Å². The number of amides is 1. The van der Waals surface area contributed by atoms with Gasteiger partial charge >= 0.3 is 14.1 Å². The first-order valence-electron chi connectivity index (χ1n) is 1.27. The van der Waals surface area contributed by atoms with E-state index in [2.05, 4.69) is 38.3 Å². The van der Waals surface area contributed by atoms with Crippen molar-refractivity contribution < 1.29 is 9.45 Å². The van der Waals surface area contributed by atoms with Crippen LogP contribution in [0.25, 0.3) is 0 Å². The van der Waals surface area contributed by atoms with Crippen molar-refractivity contribution in [2.75, 3.05) is 0 Å². The van der Waals surface area contributed by atoms with E-state index in [-0.39, 0.29) is 0 Å². The molecule has 0 spiro atoms. The summed E-state index contributed by atoms with van der Waals surface area (Å²) in [5, 5.41) is 0. The van der Waals surface area contributed by atoms with Gasteiger partial charge in [-0.1, -0.05) is 0 Å². The van der Waals surface area contributed by atoms with Crippen molar-refractivity contribution in [1.29, 1.82) is 0 Å². The zero-order valence-corrected chi connectivity index (χ0v) is 5.02. The topological polar surface area (TPSA) is 29.5 Å². The van der Waals surface area contributed by atoms with Gasteiger partial charge in [-0.15, -0.1) is 0 Å². The molecule has 0 aliphatic carbocycles. The molecule has 1 amide bonds. The summed E-state index contributed by atoms with van der Waals surface area (Å²) >= 11 is 6.83. The Labute approximate surface area is 53.5 Å². The largest absolute Gasteiger partial charge is 0.526 e. The van der Waals surface area contributed by atoms with Crippen molar-refractivity contribution in [1.82, 2.24) is 3.71 Å². The van der Waals surface area contributed by atoms with E-state index in [0.29, 0.717) is 3.71 Å². The third kappa shape index (κ3) is 2.70. The van der Waals surface area contributed by atoms with Gasteiger partial charge in [0, 0.05) is 0 Å². The fraction of sp³-hybridized carbons (Fsp3) is 0. The van der Waals surface area contributed by atoms with Gasteiger partial charge in [0.1, 0.15) is 0 Å². The monoisotopic (exact) mass is 135 g/mol. The molecule has 0 aliphatic rings. The maximum atomic E-state index is 9.94. The van der Waals surface area contributed by atoms with Crippen molar-refractivity contribution in [3.63, 3.8) is 0 Å². The second-order valence-corrected chi connectivity index (χ2v) is 1.79. The van der Waals surface area contributed by atoms with Gasteiger partial charge in [-0.3, -0.25) is 0 Å². The van der Waals surface area contributed by atoms with Gasteiger partial charge in [0.25, 0.3) is 0 Å². The highest BCUT2D eigenvalue weighted by Crippen LogP contribution is 1.97. The Kier molecular flexibility index (Phi) is 3.11. The number of thiol groups is 2. The van der Waals surface area contributed by atoms with Crippen molar-refractivity contribution in [2.24, 2.45) is 0 Å². The molecule has 0 unspecified atom stereocenters. The maximum Gasteiger partial charge on any atom is 0.411 e. The molecule has 7 heavy (non-hydrogen) atoms. The summed E-state index contributed by atoms with van der Waals surface area (Å²) in [7, 11) is 4.38. The lowest BCUT2D eigenvalue weighted by Crippen LogP contribution is -2.10. The number of carbonyl (C=O) groups is 1. The van der Waals surface area contributed by atoms with Crippen LogP contribution in [0, 0.1) is 0 Å². The summed E-state index contributed by atoms with van der Waals surface area (Å²) in [6, 6.07) is 0. The first-order valence-corrected chi connectivity index (χ1v) is 2.07. The number of hydrogen-bond acceptors (Lipinski definition) is 4.